The van der Waals surface area contributed by atoms with E-state index < -0.39 is 5.92 Å². The van der Waals surface area contributed by atoms with Gasteiger partial charge in [0.2, 0.25) is 0 Å². The minimum Gasteiger partial charge on any atom is -0.497 e. The number of carbonyl (C=O) groups is 2. The summed E-state index contributed by atoms with van der Waals surface area (Å²) in [5.74, 6) is -0.580. The van der Waals surface area contributed by atoms with Gasteiger partial charge in [0.05, 0.1) is 19.6 Å². The predicted octanol–water partition coefficient (Wildman–Crippen LogP) is 5.40. The highest BCUT2D eigenvalue weighted by Gasteiger charge is 2.34. The first kappa shape index (κ1) is 21.3. The highest BCUT2D eigenvalue weighted by molar-refractivity contribution is 5.97. The van der Waals surface area contributed by atoms with Gasteiger partial charge in [0.1, 0.15) is 5.75 Å². The molecule has 30 heavy (non-hydrogen) atoms. The fourth-order valence-electron chi connectivity index (χ4n) is 3.65. The Kier molecular flexibility index (Phi) is 7.39. The molecule has 4 heteroatoms. The van der Waals surface area contributed by atoms with Gasteiger partial charge in [-0.25, -0.2) is 0 Å². The van der Waals surface area contributed by atoms with E-state index >= 15 is 0 Å². The molecule has 3 rings (SSSR count). The number of esters is 1. The Morgan fingerprint density at radius 1 is 0.800 bits per heavy atom. The molecule has 0 aromatic heterocycles. The lowest BCUT2D eigenvalue weighted by atomic mass is 9.78. The first-order valence-corrected chi connectivity index (χ1v) is 10.1. The lowest BCUT2D eigenvalue weighted by Crippen LogP contribution is -2.25. The van der Waals surface area contributed by atoms with Gasteiger partial charge >= 0.3 is 5.97 Å². The Morgan fingerprint density at radius 3 is 1.97 bits per heavy atom. The maximum atomic E-state index is 13.1. The molecule has 0 N–H and O–H groups in total. The number of Topliss-reactive ketones (excluding diaryl/α,β-unsaturated/α-hetero) is 1. The highest BCUT2D eigenvalue weighted by atomic mass is 16.5. The number of benzene rings is 3. The Bertz CT molecular complexity index is 949. The summed E-state index contributed by atoms with van der Waals surface area (Å²) in [6.45, 7) is 2.07. The zero-order chi connectivity index (χ0) is 21.3. The third-order valence-corrected chi connectivity index (χ3v) is 5.15. The number of rotatable bonds is 9. The molecule has 0 aliphatic heterocycles. The van der Waals surface area contributed by atoms with Crippen LogP contribution in [0.1, 0.15) is 46.7 Å². The van der Waals surface area contributed by atoms with E-state index in [0.29, 0.717) is 5.56 Å². The van der Waals surface area contributed by atoms with Crippen LogP contribution in [-0.2, 0) is 9.53 Å². The second kappa shape index (κ2) is 10.4. The van der Waals surface area contributed by atoms with Gasteiger partial charge in [-0.15, -0.1) is 0 Å². The molecule has 2 unspecified atom stereocenters. The minimum atomic E-state index is -0.591. The highest BCUT2D eigenvalue weighted by Crippen LogP contribution is 2.38. The third-order valence-electron chi connectivity index (χ3n) is 5.15. The van der Waals surface area contributed by atoms with Crippen molar-refractivity contribution in [3.05, 3.63) is 102 Å². The Labute approximate surface area is 177 Å². The van der Waals surface area contributed by atoms with Gasteiger partial charge in [0.25, 0.3) is 0 Å². The number of hydrogen-bond donors (Lipinski definition) is 0. The Balaban J connectivity index is 2.04. The lowest BCUT2D eigenvalue weighted by Gasteiger charge is -2.26. The summed E-state index contributed by atoms with van der Waals surface area (Å²) < 4.78 is 10.7. The molecule has 0 saturated heterocycles. The van der Waals surface area contributed by atoms with Crippen LogP contribution in [0.3, 0.4) is 0 Å². The van der Waals surface area contributed by atoms with Crippen LogP contribution in [0.4, 0.5) is 0 Å². The van der Waals surface area contributed by atoms with Crippen LogP contribution in [0.15, 0.2) is 84.9 Å². The van der Waals surface area contributed by atoms with Crippen molar-refractivity contribution in [2.24, 2.45) is 0 Å². The molecular weight excluding hydrogens is 376 g/mol. The predicted molar refractivity (Wildman–Crippen MR) is 117 cm³/mol. The van der Waals surface area contributed by atoms with E-state index in [0.717, 1.165) is 16.9 Å². The number of ketones is 1. The number of methoxy groups -OCH3 is 1. The summed E-state index contributed by atoms with van der Waals surface area (Å²) in [6, 6.07) is 26.2. The summed E-state index contributed by atoms with van der Waals surface area (Å²) in [5, 5.41) is 0. The van der Waals surface area contributed by atoms with Crippen molar-refractivity contribution in [2.75, 3.05) is 13.7 Å². The van der Waals surface area contributed by atoms with Crippen molar-refractivity contribution >= 4 is 11.8 Å². The van der Waals surface area contributed by atoms with E-state index in [1.807, 2.05) is 72.8 Å². The van der Waals surface area contributed by atoms with E-state index in [9.17, 15) is 9.59 Å². The van der Waals surface area contributed by atoms with Crippen molar-refractivity contribution < 1.29 is 19.1 Å². The van der Waals surface area contributed by atoms with Crippen LogP contribution < -0.4 is 4.74 Å². The van der Waals surface area contributed by atoms with E-state index in [4.69, 9.17) is 9.47 Å². The molecule has 0 amide bonds. The molecular formula is C26H26O4. The van der Waals surface area contributed by atoms with E-state index in [-0.39, 0.29) is 30.7 Å². The largest absolute Gasteiger partial charge is 0.497 e. The van der Waals surface area contributed by atoms with E-state index in [1.54, 1.807) is 26.2 Å². The standard InChI is InChI=1S/C26H26O4/c1-3-30-26(28)25(21-12-8-5-9-13-21)23(19-14-16-22(29-2)17-15-19)18-24(27)20-10-6-4-7-11-20/h4-17,23,25H,3,18H2,1-2H3. The maximum Gasteiger partial charge on any atom is 0.314 e. The van der Waals surface area contributed by atoms with E-state index in [1.165, 1.54) is 0 Å². The normalized spacial score (nSPS) is 12.6. The van der Waals surface area contributed by atoms with Crippen molar-refractivity contribution in [3.63, 3.8) is 0 Å². The number of carbonyl (C=O) groups excluding carboxylic acids is 2. The van der Waals surface area contributed by atoms with Crippen molar-refractivity contribution in [3.8, 4) is 5.75 Å². The summed E-state index contributed by atoms with van der Waals surface area (Å²) in [6.07, 6.45) is 0.189. The number of ether oxygens (including phenoxy) is 2. The first-order chi connectivity index (χ1) is 14.6. The molecule has 3 aromatic rings. The topological polar surface area (TPSA) is 52.6 Å². The van der Waals surface area contributed by atoms with Crippen LogP contribution in [0.25, 0.3) is 0 Å². The Hall–Kier alpha value is -3.40. The molecule has 0 saturated carbocycles. The average molecular weight is 402 g/mol. The summed E-state index contributed by atoms with van der Waals surface area (Å²) in [5.41, 5.74) is 2.35. The zero-order valence-electron chi connectivity index (χ0n) is 17.3. The second-order valence-electron chi connectivity index (χ2n) is 7.01. The van der Waals surface area contributed by atoms with Crippen molar-refractivity contribution in [1.29, 1.82) is 0 Å². The molecule has 0 aliphatic rings. The fourth-order valence-corrected chi connectivity index (χ4v) is 3.65. The maximum absolute atomic E-state index is 13.1. The van der Waals surface area contributed by atoms with Crippen LogP contribution in [0, 0.1) is 0 Å². The molecule has 4 nitrogen and oxygen atoms in total. The molecule has 0 spiro atoms. The Morgan fingerprint density at radius 2 is 1.40 bits per heavy atom. The van der Waals surface area contributed by atoms with Gasteiger partial charge in [0.15, 0.2) is 5.78 Å². The van der Waals surface area contributed by atoms with Gasteiger partial charge in [-0.2, -0.15) is 0 Å². The van der Waals surface area contributed by atoms with Crippen LogP contribution in [0.2, 0.25) is 0 Å². The molecule has 0 aliphatic carbocycles. The summed E-state index contributed by atoms with van der Waals surface area (Å²) >= 11 is 0. The zero-order valence-corrected chi connectivity index (χ0v) is 17.3. The lowest BCUT2D eigenvalue weighted by molar-refractivity contribution is -0.145. The first-order valence-electron chi connectivity index (χ1n) is 10.1. The third kappa shape index (κ3) is 5.15. The molecule has 0 radical (unpaired) electrons. The SMILES string of the molecule is CCOC(=O)C(c1ccccc1)C(CC(=O)c1ccccc1)c1ccc(OC)cc1. The molecule has 0 fully saturated rings. The van der Waals surface area contributed by atoms with Crippen LogP contribution >= 0.6 is 0 Å². The van der Waals surface area contributed by atoms with Crippen molar-refractivity contribution in [1.82, 2.24) is 0 Å². The number of hydrogen-bond acceptors (Lipinski definition) is 4. The van der Waals surface area contributed by atoms with Gasteiger partial charge < -0.3 is 9.47 Å². The summed E-state index contributed by atoms with van der Waals surface area (Å²) in [7, 11) is 1.61. The van der Waals surface area contributed by atoms with Crippen molar-refractivity contribution in [2.45, 2.75) is 25.2 Å². The fraction of sp³-hybridized carbons (Fsp3) is 0.231. The molecule has 3 aromatic carbocycles. The monoisotopic (exact) mass is 402 g/mol. The van der Waals surface area contributed by atoms with Gasteiger partial charge in [-0.05, 0) is 30.2 Å². The van der Waals surface area contributed by atoms with Gasteiger partial charge in [0, 0.05) is 17.9 Å². The molecule has 0 bridgehead atoms. The summed E-state index contributed by atoms with van der Waals surface area (Å²) in [4.78, 5) is 26.1. The van der Waals surface area contributed by atoms with Gasteiger partial charge in [-0.1, -0.05) is 72.8 Å². The minimum absolute atomic E-state index is 0.0124. The van der Waals surface area contributed by atoms with E-state index in [2.05, 4.69) is 0 Å². The quantitative estimate of drug-likeness (QED) is 0.355. The van der Waals surface area contributed by atoms with Crippen LogP contribution in [-0.4, -0.2) is 25.5 Å². The second-order valence-corrected chi connectivity index (χ2v) is 7.01. The van der Waals surface area contributed by atoms with Gasteiger partial charge in [-0.3, -0.25) is 9.59 Å². The van der Waals surface area contributed by atoms with Crippen LogP contribution in [0.5, 0.6) is 5.75 Å². The molecule has 0 heterocycles. The molecule has 154 valence electrons. The smallest absolute Gasteiger partial charge is 0.314 e. The molecule has 2 atom stereocenters. The average Bonchev–Trinajstić information content (AvgIpc) is 2.80.